The van der Waals surface area contributed by atoms with Crippen LogP contribution in [0.2, 0.25) is 0 Å². The van der Waals surface area contributed by atoms with Crippen molar-refractivity contribution in [3.05, 3.63) is 106 Å². The van der Waals surface area contributed by atoms with E-state index in [1.54, 1.807) is 0 Å². The highest BCUT2D eigenvalue weighted by atomic mass is 19.1. The van der Waals surface area contributed by atoms with Crippen molar-refractivity contribution in [3.8, 4) is 0 Å². The smallest absolute Gasteiger partial charge is 0.123 e. The standard InChI is InChI=1S/C34H42F2N6/c1-3-16-42-34(24-32(38-42)22-26-6-10-30(36)11-7-26)28-14-19-41(20-15-28)40-17-12-27(13-18-40)33-23-31(37-39(33)2)21-25-4-8-29(35)9-5-25/h4-11,23-24,27-28H,3,12-22H2,1-2H3. The van der Waals surface area contributed by atoms with Crippen LogP contribution in [0.5, 0.6) is 0 Å². The maximum Gasteiger partial charge on any atom is 0.123 e. The lowest BCUT2D eigenvalue weighted by Crippen LogP contribution is -2.49. The molecule has 0 unspecified atom stereocenters. The Morgan fingerprint density at radius 3 is 1.62 bits per heavy atom. The lowest BCUT2D eigenvalue weighted by Gasteiger charge is -2.43. The van der Waals surface area contributed by atoms with Gasteiger partial charge in [0, 0.05) is 75.8 Å². The molecule has 0 amide bonds. The molecule has 0 aliphatic carbocycles. The molecule has 6 rings (SSSR count). The Hall–Kier alpha value is -3.36. The second kappa shape index (κ2) is 12.9. The number of hydrazine groups is 1. The van der Waals surface area contributed by atoms with Crippen LogP contribution in [0.25, 0.3) is 0 Å². The van der Waals surface area contributed by atoms with Gasteiger partial charge in [0.15, 0.2) is 0 Å². The number of hydrogen-bond acceptors (Lipinski definition) is 4. The number of piperidine rings is 2. The Balaban J connectivity index is 1.02. The highest BCUT2D eigenvalue weighted by molar-refractivity contribution is 5.26. The van der Waals surface area contributed by atoms with Gasteiger partial charge in [0.1, 0.15) is 11.6 Å². The molecule has 8 heteroatoms. The third kappa shape index (κ3) is 6.65. The molecule has 0 bridgehead atoms. The number of halogens is 2. The third-order valence-corrected chi connectivity index (χ3v) is 9.04. The molecule has 0 atom stereocenters. The van der Waals surface area contributed by atoms with Crippen LogP contribution in [0, 0.1) is 11.6 Å². The summed E-state index contributed by atoms with van der Waals surface area (Å²) < 4.78 is 30.9. The maximum absolute atomic E-state index is 13.4. The van der Waals surface area contributed by atoms with Gasteiger partial charge >= 0.3 is 0 Å². The van der Waals surface area contributed by atoms with E-state index in [4.69, 9.17) is 10.2 Å². The Kier molecular flexibility index (Phi) is 8.81. The minimum Gasteiger partial charge on any atom is -0.272 e. The minimum absolute atomic E-state index is 0.198. The molecule has 0 saturated carbocycles. The van der Waals surface area contributed by atoms with Gasteiger partial charge in [-0.15, -0.1) is 0 Å². The van der Waals surface area contributed by atoms with E-state index in [0.29, 0.717) is 11.8 Å². The lowest BCUT2D eigenvalue weighted by molar-refractivity contribution is -0.0593. The van der Waals surface area contributed by atoms with E-state index < -0.39 is 0 Å². The van der Waals surface area contributed by atoms with Gasteiger partial charge in [-0.25, -0.2) is 18.8 Å². The SMILES string of the molecule is CCCn1nc(Cc2ccc(F)cc2)cc1C1CCN(N2CCC(c3cc(Cc4ccc(F)cc4)nn3C)CC2)CC1. The van der Waals surface area contributed by atoms with Crippen molar-refractivity contribution in [2.45, 2.75) is 70.3 Å². The van der Waals surface area contributed by atoms with E-state index in [1.165, 1.54) is 35.7 Å². The van der Waals surface area contributed by atoms with E-state index in [2.05, 4.69) is 45.5 Å². The van der Waals surface area contributed by atoms with E-state index in [1.807, 2.05) is 24.3 Å². The van der Waals surface area contributed by atoms with E-state index >= 15 is 0 Å². The van der Waals surface area contributed by atoms with Gasteiger partial charge in [-0.2, -0.15) is 10.2 Å². The van der Waals surface area contributed by atoms with Crippen molar-refractivity contribution < 1.29 is 8.78 Å². The fraction of sp³-hybridized carbons (Fsp3) is 0.471. The van der Waals surface area contributed by atoms with Crippen LogP contribution in [0.15, 0.2) is 60.7 Å². The van der Waals surface area contributed by atoms with Crippen LogP contribution in [0.4, 0.5) is 8.78 Å². The number of benzene rings is 2. The normalized spacial score (nSPS) is 17.7. The van der Waals surface area contributed by atoms with Crippen LogP contribution in [0.1, 0.15) is 84.8 Å². The van der Waals surface area contributed by atoms with Crippen molar-refractivity contribution in [2.75, 3.05) is 26.2 Å². The van der Waals surface area contributed by atoms with Gasteiger partial charge in [0.2, 0.25) is 0 Å². The fourth-order valence-corrected chi connectivity index (χ4v) is 6.82. The topological polar surface area (TPSA) is 42.1 Å². The van der Waals surface area contributed by atoms with Crippen LogP contribution in [-0.2, 0) is 26.4 Å². The molecule has 2 aliphatic heterocycles. The summed E-state index contributed by atoms with van der Waals surface area (Å²) >= 11 is 0. The van der Waals surface area contributed by atoms with Crippen molar-refractivity contribution >= 4 is 0 Å². The van der Waals surface area contributed by atoms with E-state index in [0.717, 1.165) is 100 Å². The molecule has 6 nitrogen and oxygen atoms in total. The number of aryl methyl sites for hydroxylation is 2. The monoisotopic (exact) mass is 572 g/mol. The molecular formula is C34H42F2N6. The molecule has 2 aliphatic rings. The van der Waals surface area contributed by atoms with Crippen LogP contribution in [-0.4, -0.2) is 55.8 Å². The predicted octanol–water partition coefficient (Wildman–Crippen LogP) is 6.46. The molecule has 42 heavy (non-hydrogen) atoms. The van der Waals surface area contributed by atoms with Gasteiger partial charge < -0.3 is 0 Å². The molecule has 2 aromatic heterocycles. The average Bonchev–Trinajstić information content (AvgIpc) is 3.58. The molecule has 222 valence electrons. The number of nitrogens with zero attached hydrogens (tertiary/aromatic N) is 6. The number of aromatic nitrogens is 4. The number of hydrogen-bond donors (Lipinski definition) is 0. The summed E-state index contributed by atoms with van der Waals surface area (Å²) in [4.78, 5) is 0. The summed E-state index contributed by atoms with van der Waals surface area (Å²) in [6, 6.07) is 18.0. The van der Waals surface area contributed by atoms with Gasteiger partial charge in [0.05, 0.1) is 11.4 Å². The molecule has 0 spiro atoms. The summed E-state index contributed by atoms with van der Waals surface area (Å²) in [7, 11) is 2.05. The van der Waals surface area contributed by atoms with E-state index in [-0.39, 0.29) is 11.6 Å². The molecule has 2 saturated heterocycles. The van der Waals surface area contributed by atoms with Gasteiger partial charge in [-0.05, 0) is 79.6 Å². The van der Waals surface area contributed by atoms with Crippen molar-refractivity contribution in [1.29, 1.82) is 0 Å². The quantitative estimate of drug-likeness (QED) is 0.231. The largest absolute Gasteiger partial charge is 0.272 e. The first-order valence-electron chi connectivity index (χ1n) is 15.5. The zero-order valence-corrected chi connectivity index (χ0v) is 24.9. The molecule has 2 aromatic carbocycles. The van der Waals surface area contributed by atoms with E-state index in [9.17, 15) is 8.78 Å². The lowest BCUT2D eigenvalue weighted by atomic mass is 9.92. The zero-order chi connectivity index (χ0) is 29.1. The minimum atomic E-state index is -0.202. The Labute approximate surface area is 247 Å². The van der Waals surface area contributed by atoms with Gasteiger partial charge in [-0.1, -0.05) is 31.2 Å². The second-order valence-corrected chi connectivity index (χ2v) is 12.0. The van der Waals surface area contributed by atoms with Gasteiger partial charge in [0.25, 0.3) is 0 Å². The molecule has 0 N–H and O–H groups in total. The summed E-state index contributed by atoms with van der Waals surface area (Å²) in [6.07, 6.45) is 7.06. The first-order chi connectivity index (χ1) is 20.4. The van der Waals surface area contributed by atoms with Gasteiger partial charge in [-0.3, -0.25) is 9.36 Å². The Bertz CT molecular complexity index is 1440. The summed E-state index contributed by atoms with van der Waals surface area (Å²) in [5, 5.41) is 14.9. The highest BCUT2D eigenvalue weighted by Gasteiger charge is 2.30. The molecule has 0 radical (unpaired) electrons. The maximum atomic E-state index is 13.4. The molecule has 4 aromatic rings. The first kappa shape index (κ1) is 28.7. The highest BCUT2D eigenvalue weighted by Crippen LogP contribution is 2.33. The second-order valence-electron chi connectivity index (χ2n) is 12.0. The molecule has 2 fully saturated rings. The fourth-order valence-electron chi connectivity index (χ4n) is 6.82. The van der Waals surface area contributed by atoms with Crippen LogP contribution >= 0.6 is 0 Å². The summed E-state index contributed by atoms with van der Waals surface area (Å²) in [6.45, 7) is 7.44. The predicted molar refractivity (Wildman–Crippen MR) is 161 cm³/mol. The van der Waals surface area contributed by atoms with Crippen LogP contribution in [0.3, 0.4) is 0 Å². The van der Waals surface area contributed by atoms with Crippen molar-refractivity contribution in [1.82, 2.24) is 29.6 Å². The summed E-state index contributed by atoms with van der Waals surface area (Å²) in [5.41, 5.74) is 6.97. The molecular weight excluding hydrogens is 530 g/mol. The average molecular weight is 573 g/mol. The Morgan fingerprint density at radius 2 is 1.12 bits per heavy atom. The van der Waals surface area contributed by atoms with Crippen molar-refractivity contribution in [2.24, 2.45) is 7.05 Å². The van der Waals surface area contributed by atoms with Crippen molar-refractivity contribution in [3.63, 3.8) is 0 Å². The molecule has 4 heterocycles. The van der Waals surface area contributed by atoms with Crippen LogP contribution < -0.4 is 0 Å². The zero-order valence-electron chi connectivity index (χ0n) is 24.9. The number of rotatable bonds is 9. The first-order valence-corrected chi connectivity index (χ1v) is 15.5. The third-order valence-electron chi connectivity index (χ3n) is 9.04. The Morgan fingerprint density at radius 1 is 0.667 bits per heavy atom. The summed E-state index contributed by atoms with van der Waals surface area (Å²) in [5.74, 6) is 0.638.